The minimum Gasteiger partial charge on any atom is -0.744 e. The molecule has 10 nitrogen and oxygen atoms in total. The number of hydrogen-bond donors (Lipinski definition) is 3. The second kappa shape index (κ2) is 15.6. The Morgan fingerprint density at radius 1 is 0.841 bits per heavy atom. The third-order valence-electron chi connectivity index (χ3n) is 7.31. The molecule has 0 aliphatic rings. The monoisotopic (exact) mass is 628 g/mol. The summed E-state index contributed by atoms with van der Waals surface area (Å²) >= 11 is 0. The van der Waals surface area contributed by atoms with Gasteiger partial charge in [-0.1, -0.05) is 68.4 Å². The normalized spacial score (nSPS) is 13.5. The van der Waals surface area contributed by atoms with Crippen LogP contribution in [0.1, 0.15) is 41.9 Å². The number of carbonyl (C=O) groups excluding carboxylic acids is 3. The Morgan fingerprint density at radius 3 is 2.09 bits per heavy atom. The van der Waals surface area contributed by atoms with Crippen LogP contribution in [-0.2, 0) is 32.5 Å². The van der Waals surface area contributed by atoms with Crippen molar-refractivity contribution in [2.75, 3.05) is 0 Å². The SMILES string of the molecule is CC(C)C[C@H](C(=O)N[C@@H](Cc1ccc(S(=O)(=O)[O-])cc1)C(=O)c1ccco1)C(Cc1ccc2ccccc2c1)C(=O)NO.[Na+]. The van der Waals surface area contributed by atoms with E-state index in [1.54, 1.807) is 5.48 Å². The molecule has 0 radical (unpaired) electrons. The molecule has 0 saturated carbocycles. The van der Waals surface area contributed by atoms with Gasteiger partial charge < -0.3 is 14.3 Å². The van der Waals surface area contributed by atoms with E-state index in [4.69, 9.17) is 4.42 Å². The van der Waals surface area contributed by atoms with E-state index in [2.05, 4.69) is 5.32 Å². The van der Waals surface area contributed by atoms with Crippen molar-refractivity contribution < 1.29 is 66.5 Å². The zero-order chi connectivity index (χ0) is 31.1. The quantitative estimate of drug-likeness (QED) is 0.0655. The number of nitrogens with one attached hydrogen (secondary N) is 2. The van der Waals surface area contributed by atoms with Crippen LogP contribution in [0.2, 0.25) is 0 Å². The molecule has 0 aliphatic heterocycles. The van der Waals surface area contributed by atoms with Gasteiger partial charge in [0.25, 0.3) is 0 Å². The van der Waals surface area contributed by atoms with E-state index in [9.17, 15) is 32.6 Å². The number of furan rings is 1. The van der Waals surface area contributed by atoms with Crippen molar-refractivity contribution in [1.82, 2.24) is 10.8 Å². The average Bonchev–Trinajstić information content (AvgIpc) is 3.52. The first kappa shape index (κ1) is 35.2. The first-order valence-corrected chi connectivity index (χ1v) is 15.2. The van der Waals surface area contributed by atoms with Gasteiger partial charge in [0, 0.05) is 6.42 Å². The molecule has 0 bridgehead atoms. The third kappa shape index (κ3) is 9.10. The molecule has 3 aromatic carbocycles. The van der Waals surface area contributed by atoms with E-state index >= 15 is 0 Å². The van der Waals surface area contributed by atoms with Gasteiger partial charge in [-0.2, -0.15) is 0 Å². The number of benzene rings is 3. The van der Waals surface area contributed by atoms with Crippen molar-refractivity contribution in [3.8, 4) is 0 Å². The molecule has 3 N–H and O–H groups in total. The fourth-order valence-corrected chi connectivity index (χ4v) is 5.66. The van der Waals surface area contributed by atoms with E-state index in [0.717, 1.165) is 28.5 Å². The topological polar surface area (TPSA) is 166 Å². The van der Waals surface area contributed by atoms with Gasteiger partial charge in [-0.3, -0.25) is 19.6 Å². The molecule has 2 amide bonds. The molecule has 0 fully saturated rings. The maximum atomic E-state index is 13.9. The molecule has 226 valence electrons. The van der Waals surface area contributed by atoms with Gasteiger partial charge >= 0.3 is 29.6 Å². The summed E-state index contributed by atoms with van der Waals surface area (Å²) in [7, 11) is -4.66. The summed E-state index contributed by atoms with van der Waals surface area (Å²) in [5.74, 6) is -3.70. The van der Waals surface area contributed by atoms with Gasteiger partial charge in [0.15, 0.2) is 5.76 Å². The van der Waals surface area contributed by atoms with Crippen LogP contribution in [0.3, 0.4) is 0 Å². The van der Waals surface area contributed by atoms with Gasteiger partial charge in [0.05, 0.1) is 29.0 Å². The number of carbonyl (C=O) groups is 3. The van der Waals surface area contributed by atoms with Gasteiger partial charge in [-0.15, -0.1) is 0 Å². The van der Waals surface area contributed by atoms with Crippen molar-refractivity contribution in [1.29, 1.82) is 0 Å². The Labute approximate surface area is 278 Å². The van der Waals surface area contributed by atoms with Gasteiger partial charge in [0.2, 0.25) is 17.6 Å². The maximum Gasteiger partial charge on any atom is 1.00 e. The number of rotatable bonds is 13. The fraction of sp³-hybridized carbons (Fsp3) is 0.281. The number of hydroxylamine groups is 1. The molecule has 1 unspecified atom stereocenters. The Hall–Kier alpha value is -3.32. The average molecular weight is 629 g/mol. The van der Waals surface area contributed by atoms with Crippen LogP contribution in [0.5, 0.6) is 0 Å². The van der Waals surface area contributed by atoms with E-state index in [-0.39, 0.29) is 60.5 Å². The smallest absolute Gasteiger partial charge is 0.744 e. The second-order valence-corrected chi connectivity index (χ2v) is 12.3. The maximum absolute atomic E-state index is 13.9. The fourth-order valence-electron chi connectivity index (χ4n) is 5.19. The standard InChI is InChI=1S/C32H34N2O8S.Na/c1-20(2)16-26(27(32(37)34-38)18-22-9-12-23-6-3-4-7-24(23)17-22)31(36)33-28(30(35)29-8-5-15-42-29)19-21-10-13-25(14-11-21)43(39,40)41;/h3-15,17,20,26-28,38H,16,18-19H2,1-2H3,(H,33,36)(H,34,37)(H,39,40,41);/q;+1/p-1/t26-,27?,28-;/m0./s1. The summed E-state index contributed by atoms with van der Waals surface area (Å²) in [4.78, 5) is 39.9. The summed E-state index contributed by atoms with van der Waals surface area (Å²) in [5.41, 5.74) is 2.99. The van der Waals surface area contributed by atoms with Gasteiger partial charge in [-0.05, 0) is 64.9 Å². The zero-order valence-corrected chi connectivity index (χ0v) is 27.5. The summed E-state index contributed by atoms with van der Waals surface area (Å²) in [6.07, 6.45) is 1.73. The first-order valence-electron chi connectivity index (χ1n) is 13.8. The van der Waals surface area contributed by atoms with E-state index in [1.807, 2.05) is 56.3 Å². The summed E-state index contributed by atoms with van der Waals surface area (Å²) in [5, 5.41) is 14.4. The second-order valence-electron chi connectivity index (χ2n) is 10.9. The number of Topliss-reactive ketones (excluding diaryl/α,β-unsaturated/α-hetero) is 1. The van der Waals surface area contributed by atoms with Crippen molar-refractivity contribution in [3.05, 3.63) is 102 Å². The molecule has 0 aliphatic carbocycles. The molecule has 0 spiro atoms. The molecule has 3 atom stereocenters. The van der Waals surface area contributed by atoms with E-state index < -0.39 is 50.5 Å². The van der Waals surface area contributed by atoms with Crippen molar-refractivity contribution in [2.24, 2.45) is 17.8 Å². The number of hydrogen-bond acceptors (Lipinski definition) is 8. The molecule has 12 heteroatoms. The predicted molar refractivity (Wildman–Crippen MR) is 157 cm³/mol. The minimum absolute atomic E-state index is 0. The van der Waals surface area contributed by atoms with Crippen molar-refractivity contribution in [2.45, 2.75) is 44.0 Å². The Morgan fingerprint density at radius 2 is 1.50 bits per heavy atom. The Kier molecular flexibility index (Phi) is 12.5. The first-order chi connectivity index (χ1) is 20.5. The number of ketones is 1. The van der Waals surface area contributed by atoms with Crippen LogP contribution in [0.4, 0.5) is 0 Å². The van der Waals surface area contributed by atoms with Crippen LogP contribution < -0.4 is 40.4 Å². The predicted octanol–water partition coefficient (Wildman–Crippen LogP) is 1.28. The Bertz CT molecular complexity index is 1690. The number of amides is 2. The van der Waals surface area contributed by atoms with Crippen LogP contribution in [0, 0.1) is 17.8 Å². The third-order valence-corrected chi connectivity index (χ3v) is 8.16. The molecular weight excluding hydrogens is 595 g/mol. The molecular formula is C32H33N2NaO8S. The van der Waals surface area contributed by atoms with Crippen molar-refractivity contribution >= 4 is 38.5 Å². The van der Waals surface area contributed by atoms with Crippen LogP contribution >= 0.6 is 0 Å². The van der Waals surface area contributed by atoms with Crippen LogP contribution in [0.15, 0.2) is 94.4 Å². The minimum atomic E-state index is -4.66. The van der Waals surface area contributed by atoms with E-state index in [0.29, 0.717) is 5.56 Å². The molecule has 4 rings (SSSR count). The Balaban J connectivity index is 0.00000529. The van der Waals surface area contributed by atoms with Gasteiger partial charge in [-0.25, -0.2) is 13.9 Å². The summed E-state index contributed by atoms with van der Waals surface area (Å²) < 4.78 is 39.3. The summed E-state index contributed by atoms with van der Waals surface area (Å²) in [6, 6.07) is 20.4. The molecule has 4 aromatic rings. The largest absolute Gasteiger partial charge is 1.00 e. The summed E-state index contributed by atoms with van der Waals surface area (Å²) in [6.45, 7) is 3.81. The molecule has 44 heavy (non-hydrogen) atoms. The van der Waals surface area contributed by atoms with Crippen molar-refractivity contribution in [3.63, 3.8) is 0 Å². The van der Waals surface area contributed by atoms with E-state index in [1.165, 1.54) is 30.5 Å². The molecule has 1 heterocycles. The number of fused-ring (bicyclic) bond motifs is 1. The molecule has 1 aromatic heterocycles. The molecule has 0 saturated heterocycles. The zero-order valence-electron chi connectivity index (χ0n) is 24.7. The van der Waals surface area contributed by atoms with Crippen LogP contribution in [0.25, 0.3) is 10.8 Å². The van der Waals surface area contributed by atoms with Gasteiger partial charge in [0.1, 0.15) is 10.1 Å². The van der Waals surface area contributed by atoms with Crippen LogP contribution in [-0.4, -0.2) is 41.8 Å².